The highest BCUT2D eigenvalue weighted by Gasteiger charge is 2.12. The summed E-state index contributed by atoms with van der Waals surface area (Å²) in [4.78, 5) is 0. The minimum atomic E-state index is -0.565. The molecule has 0 aliphatic rings. The first kappa shape index (κ1) is 17.2. The van der Waals surface area contributed by atoms with Crippen LogP contribution in [0.2, 0.25) is 0 Å². The smallest absolute Gasteiger partial charge is 0.200 e. The number of phenols is 3. The minimum Gasteiger partial charge on any atom is -0.504 e. The fraction of sp³-hybridized carbons (Fsp3) is 0.333. The molecule has 6 nitrogen and oxygen atoms in total. The highest BCUT2D eigenvalue weighted by Crippen LogP contribution is 2.37. The number of benzene rings is 1. The third kappa shape index (κ3) is 3.74. The Morgan fingerprint density at radius 2 is 1.56 bits per heavy atom. The zero-order valence-corrected chi connectivity index (χ0v) is 9.24. The molecule has 0 aromatic heterocycles. The Bertz CT molecular complexity index is 311. The number of rotatable bonds is 3. The van der Waals surface area contributed by atoms with Gasteiger partial charge < -0.3 is 31.6 Å². The normalized spacial score (nSPS) is 11.1. The standard InChI is InChI=1S/C9H13NO4.ClH.H2O/c10-6(1-2-11)5-3-7(12)9(14)8(13)4-5;;/h3-4,6,11-14H,1-2,10H2;1H;1H2. The van der Waals surface area contributed by atoms with Gasteiger partial charge in [0.05, 0.1) is 0 Å². The zero-order chi connectivity index (χ0) is 10.7. The Balaban J connectivity index is 0. The number of hydrogen-bond donors (Lipinski definition) is 5. The Labute approximate surface area is 98.7 Å². The lowest BCUT2D eigenvalue weighted by atomic mass is 10.0. The zero-order valence-electron chi connectivity index (χ0n) is 8.42. The Morgan fingerprint density at radius 3 is 1.94 bits per heavy atom. The Morgan fingerprint density at radius 1 is 1.12 bits per heavy atom. The van der Waals surface area contributed by atoms with Crippen molar-refractivity contribution in [1.82, 2.24) is 0 Å². The molecule has 1 aromatic rings. The lowest BCUT2D eigenvalue weighted by molar-refractivity contribution is 0.276. The van der Waals surface area contributed by atoms with Crippen molar-refractivity contribution in [2.75, 3.05) is 6.61 Å². The largest absolute Gasteiger partial charge is 0.504 e. The van der Waals surface area contributed by atoms with Crippen molar-refractivity contribution in [3.63, 3.8) is 0 Å². The van der Waals surface area contributed by atoms with E-state index in [1.54, 1.807) is 0 Å². The second-order valence-corrected chi connectivity index (χ2v) is 3.03. The van der Waals surface area contributed by atoms with Crippen molar-refractivity contribution in [3.8, 4) is 17.2 Å². The molecule has 0 heterocycles. The average Bonchev–Trinajstić information content (AvgIpc) is 2.13. The molecule has 0 bridgehead atoms. The van der Waals surface area contributed by atoms with Gasteiger partial charge in [-0.3, -0.25) is 0 Å². The lowest BCUT2D eigenvalue weighted by Crippen LogP contribution is -2.11. The predicted octanol–water partition coefficient (Wildman–Crippen LogP) is -0.217. The maximum Gasteiger partial charge on any atom is 0.200 e. The summed E-state index contributed by atoms with van der Waals surface area (Å²) in [6, 6.07) is 2.04. The summed E-state index contributed by atoms with van der Waals surface area (Å²) >= 11 is 0. The van der Waals surface area contributed by atoms with E-state index in [4.69, 9.17) is 26.2 Å². The van der Waals surface area contributed by atoms with E-state index in [0.29, 0.717) is 12.0 Å². The highest BCUT2D eigenvalue weighted by molar-refractivity contribution is 5.85. The first-order valence-electron chi connectivity index (χ1n) is 4.17. The van der Waals surface area contributed by atoms with Gasteiger partial charge in [0.25, 0.3) is 0 Å². The van der Waals surface area contributed by atoms with Gasteiger partial charge in [-0.15, -0.1) is 12.4 Å². The van der Waals surface area contributed by atoms with Crippen LogP contribution in [0.4, 0.5) is 0 Å². The van der Waals surface area contributed by atoms with E-state index in [0.717, 1.165) is 0 Å². The topological polar surface area (TPSA) is 138 Å². The van der Waals surface area contributed by atoms with Gasteiger partial charge in [-0.25, -0.2) is 0 Å². The number of nitrogens with two attached hydrogens (primary N) is 1. The van der Waals surface area contributed by atoms with Gasteiger partial charge in [-0.1, -0.05) is 0 Å². The van der Waals surface area contributed by atoms with Gasteiger partial charge in [-0.2, -0.15) is 0 Å². The van der Waals surface area contributed by atoms with Crippen LogP contribution in [0.1, 0.15) is 18.0 Å². The Kier molecular flexibility index (Phi) is 7.66. The average molecular weight is 254 g/mol. The molecular formula is C9H16ClNO5. The van der Waals surface area contributed by atoms with Crippen LogP contribution in [0.25, 0.3) is 0 Å². The molecule has 0 spiro atoms. The fourth-order valence-electron chi connectivity index (χ4n) is 1.15. The fourth-order valence-corrected chi connectivity index (χ4v) is 1.15. The maximum absolute atomic E-state index is 9.17. The van der Waals surface area contributed by atoms with Crippen LogP contribution in [0.3, 0.4) is 0 Å². The van der Waals surface area contributed by atoms with Crippen molar-refractivity contribution < 1.29 is 25.9 Å². The molecule has 0 saturated carbocycles. The van der Waals surface area contributed by atoms with E-state index < -0.39 is 23.3 Å². The number of aromatic hydroxyl groups is 3. The Hall–Kier alpha value is -1.21. The summed E-state index contributed by atoms with van der Waals surface area (Å²) in [7, 11) is 0. The first-order valence-corrected chi connectivity index (χ1v) is 4.17. The maximum atomic E-state index is 9.17. The van der Waals surface area contributed by atoms with E-state index in [9.17, 15) is 0 Å². The summed E-state index contributed by atoms with van der Waals surface area (Å²) in [5.41, 5.74) is 6.09. The van der Waals surface area contributed by atoms with E-state index >= 15 is 0 Å². The van der Waals surface area contributed by atoms with Crippen LogP contribution in [-0.2, 0) is 0 Å². The SMILES string of the molecule is Cl.NC(CCO)c1cc(O)c(O)c(O)c1.O. The number of halogens is 1. The van der Waals surface area contributed by atoms with E-state index in [-0.39, 0.29) is 24.5 Å². The first-order chi connectivity index (χ1) is 6.56. The number of aliphatic hydroxyl groups is 1. The van der Waals surface area contributed by atoms with Gasteiger partial charge in [-0.05, 0) is 24.1 Å². The number of hydrogen-bond acceptors (Lipinski definition) is 5. The number of phenolic OH excluding ortho intramolecular Hbond substituents is 3. The summed E-state index contributed by atoms with van der Waals surface area (Å²) in [6.45, 7) is -0.0798. The molecule has 8 N–H and O–H groups in total. The summed E-state index contributed by atoms with van der Waals surface area (Å²) < 4.78 is 0. The molecule has 1 unspecified atom stereocenters. The summed E-state index contributed by atoms with van der Waals surface area (Å²) in [5.74, 6) is -1.41. The van der Waals surface area contributed by atoms with Crippen molar-refractivity contribution in [3.05, 3.63) is 17.7 Å². The molecule has 0 fully saturated rings. The van der Waals surface area contributed by atoms with Crippen LogP contribution in [0.5, 0.6) is 17.2 Å². The van der Waals surface area contributed by atoms with Crippen molar-refractivity contribution in [2.24, 2.45) is 5.73 Å². The van der Waals surface area contributed by atoms with Crippen molar-refractivity contribution >= 4 is 12.4 Å². The molecule has 0 aliphatic heterocycles. The molecule has 0 amide bonds. The summed E-state index contributed by atoms with van der Waals surface area (Å²) in [5, 5.41) is 36.0. The van der Waals surface area contributed by atoms with Gasteiger partial charge in [0.1, 0.15) is 0 Å². The number of aliphatic hydroxyl groups excluding tert-OH is 1. The molecule has 0 aliphatic carbocycles. The molecule has 7 heteroatoms. The van der Waals surface area contributed by atoms with E-state index in [1.165, 1.54) is 12.1 Å². The van der Waals surface area contributed by atoms with Crippen LogP contribution in [-0.4, -0.2) is 32.5 Å². The van der Waals surface area contributed by atoms with Gasteiger partial charge in [0.2, 0.25) is 0 Å². The molecule has 0 radical (unpaired) electrons. The van der Waals surface area contributed by atoms with Crippen LogP contribution in [0.15, 0.2) is 12.1 Å². The lowest BCUT2D eigenvalue weighted by Gasteiger charge is -2.11. The highest BCUT2D eigenvalue weighted by atomic mass is 35.5. The molecule has 94 valence electrons. The molecule has 1 aromatic carbocycles. The quantitative estimate of drug-likeness (QED) is 0.474. The van der Waals surface area contributed by atoms with Crippen molar-refractivity contribution in [1.29, 1.82) is 0 Å². The second kappa shape index (κ2) is 7.13. The molecule has 1 atom stereocenters. The van der Waals surface area contributed by atoms with Crippen LogP contribution < -0.4 is 5.73 Å². The second-order valence-electron chi connectivity index (χ2n) is 3.03. The van der Waals surface area contributed by atoms with Crippen molar-refractivity contribution in [2.45, 2.75) is 12.5 Å². The van der Waals surface area contributed by atoms with Crippen LogP contribution in [0, 0.1) is 0 Å². The van der Waals surface area contributed by atoms with Crippen LogP contribution >= 0.6 is 12.4 Å². The molecule has 0 saturated heterocycles. The van der Waals surface area contributed by atoms with E-state index in [2.05, 4.69) is 0 Å². The van der Waals surface area contributed by atoms with Gasteiger partial charge in [0, 0.05) is 12.6 Å². The molecular weight excluding hydrogens is 238 g/mol. The molecule has 1 rings (SSSR count). The van der Waals surface area contributed by atoms with E-state index in [1.807, 2.05) is 0 Å². The minimum absolute atomic E-state index is 0. The third-order valence-corrected chi connectivity index (χ3v) is 1.96. The monoisotopic (exact) mass is 253 g/mol. The third-order valence-electron chi connectivity index (χ3n) is 1.96. The van der Waals surface area contributed by atoms with Gasteiger partial charge >= 0.3 is 0 Å². The molecule has 16 heavy (non-hydrogen) atoms. The predicted molar refractivity (Wildman–Crippen MR) is 60.9 cm³/mol. The summed E-state index contributed by atoms with van der Waals surface area (Å²) in [6.07, 6.45) is 0.323. The van der Waals surface area contributed by atoms with Gasteiger partial charge in [0.15, 0.2) is 17.2 Å².